The van der Waals surface area contributed by atoms with Crippen molar-refractivity contribution in [1.82, 2.24) is 24.4 Å². The number of anilines is 1. The lowest BCUT2D eigenvalue weighted by atomic mass is 10.1. The fourth-order valence-corrected chi connectivity index (χ4v) is 3.22. The smallest absolute Gasteiger partial charge is 0.365 e. The second-order valence-corrected chi connectivity index (χ2v) is 5.73. The molecule has 22 heavy (non-hydrogen) atoms. The molecular formula is C13H17N7O2. The SMILES string of the molecule is O=[N+]([O-])c1cnc2ccc(NCC3CN4CCN3CC4)nn12. The predicted octanol–water partition coefficient (Wildman–Crippen LogP) is 0.0492. The van der Waals surface area contributed by atoms with E-state index >= 15 is 0 Å². The molecule has 0 amide bonds. The minimum atomic E-state index is -0.476. The first-order valence-corrected chi connectivity index (χ1v) is 7.40. The van der Waals surface area contributed by atoms with E-state index < -0.39 is 4.92 Å². The van der Waals surface area contributed by atoms with Crippen LogP contribution in [0.4, 0.5) is 11.6 Å². The molecular weight excluding hydrogens is 286 g/mol. The van der Waals surface area contributed by atoms with Crippen molar-refractivity contribution in [2.24, 2.45) is 0 Å². The quantitative estimate of drug-likeness (QED) is 0.630. The number of fused-ring (bicyclic) bond motifs is 4. The Labute approximate surface area is 126 Å². The summed E-state index contributed by atoms with van der Waals surface area (Å²) in [7, 11) is 0. The highest BCUT2D eigenvalue weighted by Gasteiger charge is 2.31. The monoisotopic (exact) mass is 303 g/mol. The average Bonchev–Trinajstić information content (AvgIpc) is 2.97. The Hall–Kier alpha value is -2.26. The Morgan fingerprint density at radius 3 is 2.82 bits per heavy atom. The number of piperazine rings is 3. The van der Waals surface area contributed by atoms with E-state index in [2.05, 4.69) is 25.2 Å². The maximum Gasteiger partial charge on any atom is 0.368 e. The van der Waals surface area contributed by atoms with Gasteiger partial charge in [0, 0.05) is 51.4 Å². The second kappa shape index (κ2) is 5.18. The lowest BCUT2D eigenvalue weighted by molar-refractivity contribution is -0.391. The minimum Gasteiger partial charge on any atom is -0.365 e. The summed E-state index contributed by atoms with van der Waals surface area (Å²) in [5.41, 5.74) is 0.476. The molecule has 2 aromatic heterocycles. The van der Waals surface area contributed by atoms with E-state index in [1.165, 1.54) is 10.7 Å². The molecule has 0 aromatic carbocycles. The van der Waals surface area contributed by atoms with Crippen molar-refractivity contribution >= 4 is 17.3 Å². The fraction of sp³-hybridized carbons (Fsp3) is 0.538. The van der Waals surface area contributed by atoms with E-state index in [9.17, 15) is 10.1 Å². The molecule has 0 radical (unpaired) electrons. The van der Waals surface area contributed by atoms with Crippen LogP contribution in [0.5, 0.6) is 0 Å². The molecule has 5 rings (SSSR count). The highest BCUT2D eigenvalue weighted by Crippen LogP contribution is 2.17. The molecule has 9 nitrogen and oxygen atoms in total. The van der Waals surface area contributed by atoms with Gasteiger partial charge in [-0.3, -0.25) is 9.80 Å². The molecule has 1 unspecified atom stereocenters. The lowest BCUT2D eigenvalue weighted by Gasteiger charge is -2.47. The molecule has 9 heteroatoms. The predicted molar refractivity (Wildman–Crippen MR) is 79.9 cm³/mol. The number of nitro groups is 1. The Balaban J connectivity index is 1.49. The van der Waals surface area contributed by atoms with Gasteiger partial charge in [-0.1, -0.05) is 9.61 Å². The number of rotatable bonds is 4. The van der Waals surface area contributed by atoms with Gasteiger partial charge in [0.2, 0.25) is 5.65 Å². The van der Waals surface area contributed by atoms with Gasteiger partial charge in [0.1, 0.15) is 6.20 Å². The third kappa shape index (κ3) is 2.28. The van der Waals surface area contributed by atoms with Crippen LogP contribution in [0.1, 0.15) is 0 Å². The summed E-state index contributed by atoms with van der Waals surface area (Å²) in [6.07, 6.45) is 1.23. The number of hydrogen-bond donors (Lipinski definition) is 1. The molecule has 2 bridgehead atoms. The first kappa shape index (κ1) is 13.4. The van der Waals surface area contributed by atoms with Gasteiger partial charge in [-0.25, -0.2) is 4.98 Å². The Morgan fingerprint density at radius 2 is 2.14 bits per heavy atom. The molecule has 116 valence electrons. The summed E-state index contributed by atoms with van der Waals surface area (Å²) in [5.74, 6) is 0.511. The van der Waals surface area contributed by atoms with Crippen LogP contribution in [0.25, 0.3) is 5.65 Å². The molecule has 1 atom stereocenters. The Kier molecular flexibility index (Phi) is 3.16. The van der Waals surface area contributed by atoms with Gasteiger partial charge in [0.05, 0.1) is 0 Å². The summed E-state index contributed by atoms with van der Waals surface area (Å²) in [6, 6.07) is 4.01. The molecule has 3 fully saturated rings. The Bertz CT molecular complexity index is 707. The van der Waals surface area contributed by atoms with Crippen molar-refractivity contribution in [1.29, 1.82) is 0 Å². The van der Waals surface area contributed by atoms with Crippen LogP contribution in [0.2, 0.25) is 0 Å². The van der Waals surface area contributed by atoms with E-state index in [1.807, 2.05) is 6.07 Å². The van der Waals surface area contributed by atoms with Gasteiger partial charge in [0.15, 0.2) is 5.82 Å². The van der Waals surface area contributed by atoms with Crippen molar-refractivity contribution in [2.75, 3.05) is 44.6 Å². The zero-order valence-electron chi connectivity index (χ0n) is 12.1. The molecule has 0 aliphatic carbocycles. The van der Waals surface area contributed by atoms with E-state index in [0.29, 0.717) is 17.5 Å². The van der Waals surface area contributed by atoms with E-state index in [4.69, 9.17) is 0 Å². The molecule has 0 spiro atoms. The van der Waals surface area contributed by atoms with Gasteiger partial charge in [-0.05, 0) is 11.0 Å². The highest BCUT2D eigenvalue weighted by atomic mass is 16.6. The standard InChI is InChI=1S/C13H17N7O2/c21-20(22)13-8-15-12-2-1-11(16-19(12)13)14-7-10-9-17-3-5-18(10)6-4-17/h1-2,8,10H,3-7,9H2,(H,14,16). The number of aromatic nitrogens is 3. The number of nitrogens with one attached hydrogen (secondary N) is 1. The lowest BCUT2D eigenvalue weighted by Crippen LogP contribution is -2.62. The number of hydrogen-bond acceptors (Lipinski definition) is 7. The van der Waals surface area contributed by atoms with Crippen LogP contribution in [-0.4, -0.2) is 74.6 Å². The van der Waals surface area contributed by atoms with Gasteiger partial charge >= 0.3 is 5.82 Å². The third-order valence-electron chi connectivity index (χ3n) is 4.44. The van der Waals surface area contributed by atoms with Crippen LogP contribution in [0, 0.1) is 10.1 Å². The third-order valence-corrected chi connectivity index (χ3v) is 4.44. The zero-order chi connectivity index (χ0) is 15.1. The van der Waals surface area contributed by atoms with Crippen LogP contribution in [0.15, 0.2) is 18.3 Å². The summed E-state index contributed by atoms with van der Waals surface area (Å²) >= 11 is 0. The van der Waals surface area contributed by atoms with Crippen molar-refractivity contribution in [3.8, 4) is 0 Å². The minimum absolute atomic E-state index is 0.120. The van der Waals surface area contributed by atoms with Crippen LogP contribution in [0.3, 0.4) is 0 Å². The van der Waals surface area contributed by atoms with Crippen LogP contribution in [-0.2, 0) is 0 Å². The molecule has 5 heterocycles. The van der Waals surface area contributed by atoms with E-state index in [-0.39, 0.29) is 5.82 Å². The van der Waals surface area contributed by atoms with Crippen molar-refractivity contribution in [3.63, 3.8) is 0 Å². The van der Waals surface area contributed by atoms with Crippen molar-refractivity contribution in [2.45, 2.75) is 6.04 Å². The maximum atomic E-state index is 11.0. The molecule has 2 aromatic rings. The van der Waals surface area contributed by atoms with Gasteiger partial charge in [0.25, 0.3) is 0 Å². The fourth-order valence-electron chi connectivity index (χ4n) is 3.22. The second-order valence-electron chi connectivity index (χ2n) is 5.73. The largest absolute Gasteiger partial charge is 0.368 e. The number of nitrogens with zero attached hydrogens (tertiary/aromatic N) is 6. The van der Waals surface area contributed by atoms with Crippen LogP contribution < -0.4 is 5.32 Å². The summed E-state index contributed by atoms with van der Waals surface area (Å²) in [4.78, 5) is 19.4. The van der Waals surface area contributed by atoms with E-state index in [1.54, 1.807) is 6.07 Å². The van der Waals surface area contributed by atoms with Crippen molar-refractivity contribution in [3.05, 3.63) is 28.4 Å². The number of imidazole rings is 1. The molecule has 3 aliphatic rings. The van der Waals surface area contributed by atoms with Crippen molar-refractivity contribution < 1.29 is 4.92 Å². The van der Waals surface area contributed by atoms with E-state index in [0.717, 1.165) is 39.3 Å². The summed E-state index contributed by atoms with van der Waals surface area (Å²) in [5, 5.41) is 18.5. The zero-order valence-corrected chi connectivity index (χ0v) is 12.1. The molecule has 1 N–H and O–H groups in total. The molecule has 0 saturated carbocycles. The topological polar surface area (TPSA) is 91.8 Å². The first-order valence-electron chi connectivity index (χ1n) is 7.40. The molecule has 3 saturated heterocycles. The normalized spacial score (nSPS) is 27.2. The summed E-state index contributed by atoms with van der Waals surface area (Å²) < 4.78 is 1.26. The van der Waals surface area contributed by atoms with Crippen LogP contribution >= 0.6 is 0 Å². The Morgan fingerprint density at radius 1 is 1.32 bits per heavy atom. The average molecular weight is 303 g/mol. The maximum absolute atomic E-state index is 11.0. The molecule has 3 aliphatic heterocycles. The highest BCUT2D eigenvalue weighted by molar-refractivity contribution is 5.48. The van der Waals surface area contributed by atoms with Gasteiger partial charge in [-0.15, -0.1) is 0 Å². The summed E-state index contributed by atoms with van der Waals surface area (Å²) in [6.45, 7) is 6.40. The van der Waals surface area contributed by atoms with Gasteiger partial charge in [-0.2, -0.15) is 0 Å². The first-order chi connectivity index (χ1) is 10.7. The van der Waals surface area contributed by atoms with Gasteiger partial charge < -0.3 is 15.4 Å².